The van der Waals surface area contributed by atoms with Crippen LogP contribution in [0.2, 0.25) is 0 Å². The van der Waals surface area contributed by atoms with Gasteiger partial charge in [-0.2, -0.15) is 18.3 Å². The molecule has 0 aliphatic carbocycles. The number of nitrogens with zero attached hydrogens (tertiary/aromatic N) is 2. The summed E-state index contributed by atoms with van der Waals surface area (Å²) in [5, 5.41) is 7.23. The number of hydrogen-bond acceptors (Lipinski definition) is 4. The number of rotatable bonds is 8. The molecule has 33 heavy (non-hydrogen) atoms. The third kappa shape index (κ3) is 5.92. The second-order valence-electron chi connectivity index (χ2n) is 7.68. The van der Waals surface area contributed by atoms with Crippen molar-refractivity contribution in [2.75, 3.05) is 25.6 Å². The molecular weight excluding hydrogens is 435 g/mol. The third-order valence-electron chi connectivity index (χ3n) is 5.15. The zero-order valence-corrected chi connectivity index (χ0v) is 18.9. The predicted octanol–water partition coefficient (Wildman–Crippen LogP) is 5.02. The summed E-state index contributed by atoms with van der Waals surface area (Å²) in [6.07, 6.45) is -4.44. The quantitative estimate of drug-likeness (QED) is 0.479. The van der Waals surface area contributed by atoms with Crippen molar-refractivity contribution in [2.24, 2.45) is 0 Å². The van der Waals surface area contributed by atoms with E-state index in [0.717, 1.165) is 17.7 Å². The van der Waals surface area contributed by atoms with Crippen molar-refractivity contribution in [2.45, 2.75) is 33.4 Å². The number of carbonyl (C=O) groups excluding carboxylic acids is 1. The summed E-state index contributed by atoms with van der Waals surface area (Å²) >= 11 is 0. The minimum absolute atomic E-state index is 0.0159. The number of amides is 1. The number of alkyl halides is 3. The largest absolute Gasteiger partial charge is 0.489 e. The number of aryl methyl sites for hydroxylation is 2. The van der Waals surface area contributed by atoms with Gasteiger partial charge >= 0.3 is 6.18 Å². The maximum atomic E-state index is 13.1. The van der Waals surface area contributed by atoms with Gasteiger partial charge in [-0.05, 0) is 56.7 Å². The van der Waals surface area contributed by atoms with Crippen LogP contribution in [-0.4, -0.2) is 36.0 Å². The van der Waals surface area contributed by atoms with E-state index in [-0.39, 0.29) is 18.0 Å². The highest BCUT2D eigenvalue weighted by Crippen LogP contribution is 2.31. The van der Waals surface area contributed by atoms with Crippen molar-refractivity contribution >= 4 is 11.6 Å². The molecule has 0 radical (unpaired) electrons. The SMILES string of the molecule is COCCOc1cc(C)ccc1NC(=O)Cc1c(C)nn(-c2cccc(C(F)(F)F)c2)c1C. The zero-order chi connectivity index (χ0) is 24.2. The van der Waals surface area contributed by atoms with E-state index in [1.807, 2.05) is 19.1 Å². The Morgan fingerprint density at radius 3 is 2.55 bits per heavy atom. The van der Waals surface area contributed by atoms with Gasteiger partial charge in [0.1, 0.15) is 12.4 Å². The number of benzene rings is 2. The lowest BCUT2D eigenvalue weighted by atomic mass is 10.1. The third-order valence-corrected chi connectivity index (χ3v) is 5.15. The Kier molecular flexibility index (Phi) is 7.43. The van der Waals surface area contributed by atoms with Gasteiger partial charge in [0.15, 0.2) is 0 Å². The molecule has 0 bridgehead atoms. The molecule has 3 aromatic rings. The fourth-order valence-electron chi connectivity index (χ4n) is 3.44. The Morgan fingerprint density at radius 1 is 1.09 bits per heavy atom. The second-order valence-corrected chi connectivity index (χ2v) is 7.68. The lowest BCUT2D eigenvalue weighted by molar-refractivity contribution is -0.137. The molecule has 1 N–H and O–H groups in total. The number of methoxy groups -OCH3 is 1. The van der Waals surface area contributed by atoms with Gasteiger partial charge in [0.25, 0.3) is 0 Å². The minimum atomic E-state index is -4.45. The van der Waals surface area contributed by atoms with Gasteiger partial charge in [-0.15, -0.1) is 0 Å². The molecule has 0 saturated carbocycles. The molecule has 1 aromatic heterocycles. The fraction of sp³-hybridized carbons (Fsp3) is 0.333. The normalized spacial score (nSPS) is 11.5. The van der Waals surface area contributed by atoms with Crippen molar-refractivity contribution < 1.29 is 27.4 Å². The smallest absolute Gasteiger partial charge is 0.416 e. The number of halogens is 3. The van der Waals surface area contributed by atoms with E-state index in [0.29, 0.717) is 41.6 Å². The van der Waals surface area contributed by atoms with Gasteiger partial charge in [-0.25, -0.2) is 4.68 Å². The average Bonchev–Trinajstić information content (AvgIpc) is 3.03. The second kappa shape index (κ2) is 10.1. The predicted molar refractivity (Wildman–Crippen MR) is 119 cm³/mol. The van der Waals surface area contributed by atoms with Gasteiger partial charge < -0.3 is 14.8 Å². The van der Waals surface area contributed by atoms with Gasteiger partial charge in [-0.3, -0.25) is 4.79 Å². The maximum absolute atomic E-state index is 13.1. The molecule has 0 fully saturated rings. The number of aromatic nitrogens is 2. The minimum Gasteiger partial charge on any atom is -0.489 e. The summed E-state index contributed by atoms with van der Waals surface area (Å²) < 4.78 is 51.4. The fourth-order valence-corrected chi connectivity index (χ4v) is 3.44. The Balaban J connectivity index is 1.80. The zero-order valence-electron chi connectivity index (χ0n) is 18.9. The molecule has 0 aliphatic rings. The molecule has 1 amide bonds. The summed E-state index contributed by atoms with van der Waals surface area (Å²) in [4.78, 5) is 12.8. The van der Waals surface area contributed by atoms with Crippen LogP contribution in [0.4, 0.5) is 18.9 Å². The lowest BCUT2D eigenvalue weighted by Gasteiger charge is -2.13. The molecule has 0 atom stereocenters. The number of ether oxygens (including phenoxy) is 2. The van der Waals surface area contributed by atoms with Crippen LogP contribution >= 0.6 is 0 Å². The summed E-state index contributed by atoms with van der Waals surface area (Å²) in [5.41, 5.74) is 2.86. The molecule has 2 aromatic carbocycles. The van der Waals surface area contributed by atoms with Crippen LogP contribution in [0.1, 0.15) is 28.1 Å². The van der Waals surface area contributed by atoms with Crippen LogP contribution in [0.5, 0.6) is 5.75 Å². The van der Waals surface area contributed by atoms with E-state index in [4.69, 9.17) is 9.47 Å². The van der Waals surface area contributed by atoms with Crippen LogP contribution in [0, 0.1) is 20.8 Å². The van der Waals surface area contributed by atoms with E-state index in [1.54, 1.807) is 33.1 Å². The van der Waals surface area contributed by atoms with E-state index in [9.17, 15) is 18.0 Å². The van der Waals surface area contributed by atoms with Crippen LogP contribution in [-0.2, 0) is 22.1 Å². The van der Waals surface area contributed by atoms with Gasteiger partial charge in [-0.1, -0.05) is 12.1 Å². The van der Waals surface area contributed by atoms with E-state index in [2.05, 4.69) is 10.4 Å². The molecule has 6 nitrogen and oxygen atoms in total. The van der Waals surface area contributed by atoms with Gasteiger partial charge in [0, 0.05) is 18.4 Å². The number of carbonyl (C=O) groups is 1. The Labute approximate surface area is 190 Å². The van der Waals surface area contributed by atoms with Crippen LogP contribution < -0.4 is 10.1 Å². The highest BCUT2D eigenvalue weighted by molar-refractivity contribution is 5.94. The first-order valence-corrected chi connectivity index (χ1v) is 10.3. The van der Waals surface area contributed by atoms with Crippen LogP contribution in [0.25, 0.3) is 5.69 Å². The summed E-state index contributed by atoms with van der Waals surface area (Å²) in [5.74, 6) is 0.249. The molecule has 9 heteroatoms. The van der Waals surface area contributed by atoms with Crippen LogP contribution in [0.3, 0.4) is 0 Å². The molecule has 0 unspecified atom stereocenters. The van der Waals surface area contributed by atoms with E-state index >= 15 is 0 Å². The van der Waals surface area contributed by atoms with Crippen molar-refractivity contribution in [3.05, 3.63) is 70.5 Å². The molecule has 0 aliphatic heterocycles. The number of anilines is 1. The summed E-state index contributed by atoms with van der Waals surface area (Å²) in [7, 11) is 1.58. The monoisotopic (exact) mass is 461 g/mol. The topological polar surface area (TPSA) is 65.4 Å². The van der Waals surface area contributed by atoms with Gasteiger partial charge in [0.2, 0.25) is 5.91 Å². The molecule has 0 spiro atoms. The first kappa shape index (κ1) is 24.3. The van der Waals surface area contributed by atoms with Crippen molar-refractivity contribution in [1.29, 1.82) is 0 Å². The highest BCUT2D eigenvalue weighted by Gasteiger charge is 2.30. The standard InChI is InChI=1S/C24H26F3N3O3/c1-15-8-9-21(22(12-15)33-11-10-32-4)28-23(31)14-20-16(2)29-30(17(20)3)19-7-5-6-18(13-19)24(25,26)27/h5-9,12-13H,10-11,14H2,1-4H3,(H,28,31). The van der Waals surface area contributed by atoms with Crippen molar-refractivity contribution in [3.63, 3.8) is 0 Å². The summed E-state index contributed by atoms with van der Waals surface area (Å²) in [6.45, 7) is 6.13. The maximum Gasteiger partial charge on any atom is 0.416 e. The molecular formula is C24H26F3N3O3. The molecule has 176 valence electrons. The van der Waals surface area contributed by atoms with Crippen LogP contribution in [0.15, 0.2) is 42.5 Å². The molecule has 0 saturated heterocycles. The highest BCUT2D eigenvalue weighted by atomic mass is 19.4. The van der Waals surface area contributed by atoms with Crippen molar-refractivity contribution in [3.8, 4) is 11.4 Å². The lowest BCUT2D eigenvalue weighted by Crippen LogP contribution is -2.17. The Bertz CT molecular complexity index is 1140. The molecule has 3 rings (SSSR count). The van der Waals surface area contributed by atoms with Crippen molar-refractivity contribution in [1.82, 2.24) is 9.78 Å². The van der Waals surface area contributed by atoms with E-state index in [1.165, 1.54) is 10.7 Å². The molecule has 1 heterocycles. The number of nitrogens with one attached hydrogen (secondary N) is 1. The Hall–Kier alpha value is -3.33. The Morgan fingerprint density at radius 2 is 1.85 bits per heavy atom. The first-order valence-electron chi connectivity index (χ1n) is 10.3. The average molecular weight is 461 g/mol. The number of hydrogen-bond donors (Lipinski definition) is 1. The summed E-state index contributed by atoms with van der Waals surface area (Å²) in [6, 6.07) is 10.4. The van der Waals surface area contributed by atoms with Gasteiger partial charge in [0.05, 0.1) is 35.7 Å². The first-order chi connectivity index (χ1) is 15.6. The van der Waals surface area contributed by atoms with E-state index < -0.39 is 11.7 Å².